The molecule has 0 aliphatic heterocycles. The van der Waals surface area contributed by atoms with Crippen molar-refractivity contribution in [3.8, 4) is 0 Å². The Morgan fingerprint density at radius 1 is 0.559 bits per heavy atom. The number of anilines is 1. The summed E-state index contributed by atoms with van der Waals surface area (Å²) in [7, 11) is -7.01. The number of hydrogen-bond donors (Lipinski definition) is 1. The van der Waals surface area contributed by atoms with E-state index in [2.05, 4.69) is 4.72 Å². The van der Waals surface area contributed by atoms with Crippen molar-refractivity contribution in [1.82, 2.24) is 0 Å². The highest BCUT2D eigenvalue weighted by Gasteiger charge is 2.15. The third-order valence-electron chi connectivity index (χ3n) is 5.12. The van der Waals surface area contributed by atoms with Gasteiger partial charge in [-0.1, -0.05) is 84.9 Å². The van der Waals surface area contributed by atoms with Gasteiger partial charge in [-0.05, 0) is 53.1 Å². The van der Waals surface area contributed by atoms with E-state index in [-0.39, 0.29) is 10.6 Å². The monoisotopic (exact) mass is 489 g/mol. The van der Waals surface area contributed by atoms with Crippen molar-refractivity contribution < 1.29 is 16.8 Å². The van der Waals surface area contributed by atoms with Crippen molar-refractivity contribution in [1.29, 1.82) is 0 Å². The zero-order valence-electron chi connectivity index (χ0n) is 18.2. The summed E-state index contributed by atoms with van der Waals surface area (Å²) >= 11 is 0. The van der Waals surface area contributed by atoms with Crippen LogP contribution < -0.4 is 4.72 Å². The second-order valence-corrected chi connectivity index (χ2v) is 11.4. The summed E-state index contributed by atoms with van der Waals surface area (Å²) in [6.45, 7) is 0. The summed E-state index contributed by atoms with van der Waals surface area (Å²) in [6.07, 6.45) is 3.82. The molecule has 0 fully saturated rings. The van der Waals surface area contributed by atoms with E-state index in [1.165, 1.54) is 0 Å². The molecule has 0 amide bonds. The molecule has 0 bridgehead atoms. The van der Waals surface area contributed by atoms with Gasteiger partial charge >= 0.3 is 0 Å². The maximum absolute atomic E-state index is 12.5. The summed E-state index contributed by atoms with van der Waals surface area (Å²) in [5.41, 5.74) is 3.02. The van der Waals surface area contributed by atoms with Crippen LogP contribution in [0.25, 0.3) is 12.2 Å². The van der Waals surface area contributed by atoms with Crippen LogP contribution in [0.1, 0.15) is 16.7 Å². The molecule has 0 spiro atoms. The summed E-state index contributed by atoms with van der Waals surface area (Å²) in [6, 6.07) is 31.0. The largest absolute Gasteiger partial charge is 0.280 e. The lowest BCUT2D eigenvalue weighted by Gasteiger charge is -2.08. The van der Waals surface area contributed by atoms with Gasteiger partial charge in [0.15, 0.2) is 9.84 Å². The minimum Gasteiger partial charge on any atom is -0.280 e. The number of hydrogen-bond acceptors (Lipinski definition) is 4. The lowest BCUT2D eigenvalue weighted by Crippen LogP contribution is -2.12. The second kappa shape index (κ2) is 10.1. The van der Waals surface area contributed by atoms with Gasteiger partial charge in [0, 0.05) is 5.69 Å². The molecule has 0 saturated carbocycles. The van der Waals surface area contributed by atoms with E-state index in [0.29, 0.717) is 10.6 Å². The van der Waals surface area contributed by atoms with Crippen molar-refractivity contribution in [3.05, 3.63) is 126 Å². The predicted octanol–water partition coefficient (Wildman–Crippen LogP) is 5.63. The quantitative estimate of drug-likeness (QED) is 0.325. The molecule has 0 atom stereocenters. The van der Waals surface area contributed by atoms with E-state index in [1.807, 2.05) is 48.6 Å². The van der Waals surface area contributed by atoms with E-state index in [4.69, 9.17) is 0 Å². The summed E-state index contributed by atoms with van der Waals surface area (Å²) in [4.78, 5) is 0.521. The van der Waals surface area contributed by atoms with Crippen LogP contribution in [0.2, 0.25) is 0 Å². The molecule has 5 nitrogen and oxygen atoms in total. The average Bonchev–Trinajstić information content (AvgIpc) is 2.85. The summed E-state index contributed by atoms with van der Waals surface area (Å²) in [5.74, 6) is -0.0542. The van der Waals surface area contributed by atoms with Gasteiger partial charge in [-0.25, -0.2) is 16.8 Å². The number of sulfone groups is 1. The highest BCUT2D eigenvalue weighted by atomic mass is 32.2. The van der Waals surface area contributed by atoms with Crippen molar-refractivity contribution in [3.63, 3.8) is 0 Å². The van der Waals surface area contributed by atoms with E-state index >= 15 is 0 Å². The van der Waals surface area contributed by atoms with Gasteiger partial charge in [-0.3, -0.25) is 4.72 Å². The zero-order valence-corrected chi connectivity index (χ0v) is 19.8. The van der Waals surface area contributed by atoms with Gasteiger partial charge in [0.05, 0.1) is 15.5 Å². The minimum atomic E-state index is -3.63. The fourth-order valence-corrected chi connectivity index (χ4v) is 5.77. The molecule has 0 saturated heterocycles. The molecule has 7 heteroatoms. The normalized spacial score (nSPS) is 12.0. The molecule has 4 aromatic rings. The van der Waals surface area contributed by atoms with Gasteiger partial charge in [0.2, 0.25) is 0 Å². The van der Waals surface area contributed by atoms with E-state index in [0.717, 1.165) is 16.7 Å². The van der Waals surface area contributed by atoms with Crippen LogP contribution in [0, 0.1) is 0 Å². The Kier molecular flexibility index (Phi) is 6.95. The average molecular weight is 490 g/mol. The topological polar surface area (TPSA) is 80.3 Å². The van der Waals surface area contributed by atoms with Crippen molar-refractivity contribution >= 4 is 37.7 Å². The highest BCUT2D eigenvalue weighted by molar-refractivity contribution is 7.92. The third-order valence-corrected chi connectivity index (χ3v) is 8.22. The van der Waals surface area contributed by atoms with Crippen LogP contribution in [0.3, 0.4) is 0 Å². The molecule has 0 aliphatic carbocycles. The molecule has 0 heterocycles. The molecule has 1 N–H and O–H groups in total. The summed E-state index contributed by atoms with van der Waals surface area (Å²) < 4.78 is 52.5. The number of rotatable bonds is 8. The number of benzene rings is 4. The van der Waals surface area contributed by atoms with Crippen molar-refractivity contribution in [2.45, 2.75) is 15.5 Å². The smallest absolute Gasteiger partial charge is 0.261 e. The van der Waals surface area contributed by atoms with Crippen molar-refractivity contribution in [2.24, 2.45) is 0 Å². The lowest BCUT2D eigenvalue weighted by atomic mass is 10.1. The standard InChI is InChI=1S/C27H23NO4S2/c29-33(30,26-7-3-1-4-8-26)21-24-15-13-22(14-16-24)11-12-23-17-19-25(20-18-23)28-34(31,32)27-9-5-2-6-10-27/h1-20,28H,21H2/b12-11+. The Hall–Kier alpha value is -3.68. The summed E-state index contributed by atoms with van der Waals surface area (Å²) in [5, 5.41) is 0. The SMILES string of the molecule is O=S(=O)(Cc1ccc(/C=C/c2ccc(NS(=O)(=O)c3ccccc3)cc2)cc1)c1ccccc1. The molecule has 0 aromatic heterocycles. The minimum absolute atomic E-state index is 0.0542. The fourth-order valence-electron chi connectivity index (χ4n) is 3.32. The molecule has 34 heavy (non-hydrogen) atoms. The van der Waals surface area contributed by atoms with Gasteiger partial charge < -0.3 is 0 Å². The Morgan fingerprint density at radius 2 is 1.03 bits per heavy atom. The first-order chi connectivity index (χ1) is 16.3. The first-order valence-electron chi connectivity index (χ1n) is 10.5. The molecule has 172 valence electrons. The van der Waals surface area contributed by atoms with Crippen LogP contribution in [-0.4, -0.2) is 16.8 Å². The maximum atomic E-state index is 12.5. The molecule has 4 aromatic carbocycles. The number of nitrogens with one attached hydrogen (secondary N) is 1. The number of sulfonamides is 1. The third kappa shape index (κ3) is 6.01. The Balaban J connectivity index is 1.39. The Bertz CT molecular complexity index is 1360. The second-order valence-electron chi connectivity index (χ2n) is 7.69. The van der Waals surface area contributed by atoms with E-state index < -0.39 is 19.9 Å². The van der Waals surface area contributed by atoms with Gasteiger partial charge in [0.25, 0.3) is 10.0 Å². The fraction of sp³-hybridized carbons (Fsp3) is 0.0370. The van der Waals surface area contributed by atoms with Crippen LogP contribution in [0.5, 0.6) is 0 Å². The van der Waals surface area contributed by atoms with Crippen LogP contribution in [-0.2, 0) is 25.6 Å². The van der Waals surface area contributed by atoms with E-state index in [9.17, 15) is 16.8 Å². The molecule has 0 radical (unpaired) electrons. The Labute approximate surface area is 200 Å². The van der Waals surface area contributed by atoms with Crippen LogP contribution in [0.4, 0.5) is 5.69 Å². The van der Waals surface area contributed by atoms with Gasteiger partial charge in [-0.15, -0.1) is 0 Å². The van der Waals surface area contributed by atoms with Crippen LogP contribution in [0.15, 0.2) is 119 Å². The van der Waals surface area contributed by atoms with Crippen LogP contribution >= 0.6 is 0 Å². The molecular weight excluding hydrogens is 466 g/mol. The highest BCUT2D eigenvalue weighted by Crippen LogP contribution is 2.19. The van der Waals surface area contributed by atoms with Gasteiger partial charge in [0.1, 0.15) is 0 Å². The van der Waals surface area contributed by atoms with Crippen molar-refractivity contribution in [2.75, 3.05) is 4.72 Å². The maximum Gasteiger partial charge on any atom is 0.261 e. The molecule has 4 rings (SSSR count). The first kappa shape index (κ1) is 23.5. The zero-order chi connectivity index (χ0) is 24.0. The Morgan fingerprint density at radius 3 is 1.56 bits per heavy atom. The molecular formula is C27H23NO4S2. The molecule has 0 aliphatic rings. The van der Waals surface area contributed by atoms with Gasteiger partial charge in [-0.2, -0.15) is 0 Å². The first-order valence-corrected chi connectivity index (χ1v) is 13.7. The lowest BCUT2D eigenvalue weighted by molar-refractivity contribution is 0.595. The molecule has 0 unspecified atom stereocenters. The van der Waals surface area contributed by atoms with E-state index in [1.54, 1.807) is 72.8 Å². The predicted molar refractivity (Wildman–Crippen MR) is 136 cm³/mol.